The molecule has 0 atom stereocenters. The minimum Gasteiger partial charge on any atom is -0.340 e. The zero-order chi connectivity index (χ0) is 12.1. The summed E-state index contributed by atoms with van der Waals surface area (Å²) in [4.78, 5) is 13.9. The lowest BCUT2D eigenvalue weighted by Gasteiger charge is -2.27. The Kier molecular flexibility index (Phi) is 3.79. The monoisotopic (exact) mass is 228 g/mol. The molecule has 1 N–H and O–H groups in total. The van der Waals surface area contributed by atoms with Crippen molar-refractivity contribution in [1.82, 2.24) is 10.2 Å². The zero-order valence-corrected chi connectivity index (χ0v) is 9.78. The molecule has 17 heavy (non-hydrogen) atoms. The lowest BCUT2D eigenvalue weighted by molar-refractivity contribution is -0.131. The number of nitrogens with zero attached hydrogens (tertiary/aromatic N) is 1. The van der Waals surface area contributed by atoms with Gasteiger partial charge in [-0.1, -0.05) is 18.1 Å². The number of amides is 1. The summed E-state index contributed by atoms with van der Waals surface area (Å²) in [6.45, 7) is 3.39. The SMILES string of the molecule is C#Cc1ccc(CC(=O)N2CCNCC2)cc1. The highest BCUT2D eigenvalue weighted by Gasteiger charge is 2.15. The van der Waals surface area contributed by atoms with Gasteiger partial charge in [0, 0.05) is 31.7 Å². The van der Waals surface area contributed by atoms with Crippen LogP contribution in [-0.4, -0.2) is 37.0 Å². The quantitative estimate of drug-likeness (QED) is 0.754. The van der Waals surface area contributed by atoms with Gasteiger partial charge in [-0.15, -0.1) is 6.42 Å². The van der Waals surface area contributed by atoms with Crippen LogP contribution in [0.15, 0.2) is 24.3 Å². The van der Waals surface area contributed by atoms with E-state index in [1.807, 2.05) is 29.2 Å². The molecule has 3 heteroatoms. The van der Waals surface area contributed by atoms with Gasteiger partial charge < -0.3 is 10.2 Å². The van der Waals surface area contributed by atoms with Crippen LogP contribution in [0.5, 0.6) is 0 Å². The second-order valence-electron chi connectivity index (χ2n) is 4.15. The molecule has 0 bridgehead atoms. The number of carbonyl (C=O) groups is 1. The van der Waals surface area contributed by atoms with Crippen LogP contribution in [0.4, 0.5) is 0 Å². The van der Waals surface area contributed by atoms with Gasteiger partial charge in [-0.05, 0) is 17.7 Å². The van der Waals surface area contributed by atoms with E-state index in [4.69, 9.17) is 6.42 Å². The normalized spacial score (nSPS) is 15.4. The third kappa shape index (κ3) is 3.08. The Bertz CT molecular complexity index is 425. The summed E-state index contributed by atoms with van der Waals surface area (Å²) in [5, 5.41) is 3.23. The summed E-state index contributed by atoms with van der Waals surface area (Å²) < 4.78 is 0. The maximum atomic E-state index is 12.0. The molecule has 0 spiro atoms. The molecule has 0 unspecified atom stereocenters. The molecule has 88 valence electrons. The van der Waals surface area contributed by atoms with E-state index >= 15 is 0 Å². The van der Waals surface area contributed by atoms with E-state index in [2.05, 4.69) is 11.2 Å². The van der Waals surface area contributed by atoms with Crippen molar-refractivity contribution in [1.29, 1.82) is 0 Å². The van der Waals surface area contributed by atoms with Crippen LogP contribution in [-0.2, 0) is 11.2 Å². The highest BCUT2D eigenvalue weighted by molar-refractivity contribution is 5.78. The molecule has 1 amide bonds. The first-order chi connectivity index (χ1) is 8.29. The Morgan fingerprint density at radius 3 is 2.53 bits per heavy atom. The van der Waals surface area contributed by atoms with E-state index in [9.17, 15) is 4.79 Å². The van der Waals surface area contributed by atoms with Crippen molar-refractivity contribution in [3.63, 3.8) is 0 Å². The van der Waals surface area contributed by atoms with Gasteiger partial charge in [0.2, 0.25) is 5.91 Å². The van der Waals surface area contributed by atoms with Crippen molar-refractivity contribution in [2.45, 2.75) is 6.42 Å². The van der Waals surface area contributed by atoms with Crippen molar-refractivity contribution >= 4 is 5.91 Å². The highest BCUT2D eigenvalue weighted by Crippen LogP contribution is 2.06. The number of nitrogens with one attached hydrogen (secondary N) is 1. The van der Waals surface area contributed by atoms with Gasteiger partial charge in [0.1, 0.15) is 0 Å². The van der Waals surface area contributed by atoms with Gasteiger partial charge in [-0.3, -0.25) is 4.79 Å². The molecule has 1 aliphatic rings. The second-order valence-corrected chi connectivity index (χ2v) is 4.15. The summed E-state index contributed by atoms with van der Waals surface area (Å²) in [6, 6.07) is 7.60. The third-order valence-corrected chi connectivity index (χ3v) is 2.95. The van der Waals surface area contributed by atoms with Crippen LogP contribution in [0.25, 0.3) is 0 Å². The highest BCUT2D eigenvalue weighted by atomic mass is 16.2. The fourth-order valence-corrected chi connectivity index (χ4v) is 1.92. The van der Waals surface area contributed by atoms with Crippen LogP contribution in [0, 0.1) is 12.3 Å². The number of rotatable bonds is 2. The molecule has 1 heterocycles. The smallest absolute Gasteiger partial charge is 0.227 e. The van der Waals surface area contributed by atoms with Crippen molar-refractivity contribution in [2.24, 2.45) is 0 Å². The van der Waals surface area contributed by atoms with E-state index in [0.29, 0.717) is 6.42 Å². The average Bonchev–Trinajstić information content (AvgIpc) is 2.40. The summed E-state index contributed by atoms with van der Waals surface area (Å²) in [5.41, 5.74) is 1.87. The Morgan fingerprint density at radius 1 is 1.29 bits per heavy atom. The Morgan fingerprint density at radius 2 is 1.94 bits per heavy atom. The van der Waals surface area contributed by atoms with E-state index in [-0.39, 0.29) is 5.91 Å². The van der Waals surface area contributed by atoms with Gasteiger partial charge in [0.05, 0.1) is 6.42 Å². The summed E-state index contributed by atoms with van der Waals surface area (Å²) in [6.07, 6.45) is 5.75. The van der Waals surface area contributed by atoms with Gasteiger partial charge in [0.25, 0.3) is 0 Å². The zero-order valence-electron chi connectivity index (χ0n) is 9.78. The van der Waals surface area contributed by atoms with Crippen LogP contribution in [0.3, 0.4) is 0 Å². The molecular formula is C14H16N2O. The van der Waals surface area contributed by atoms with Gasteiger partial charge in [-0.25, -0.2) is 0 Å². The lowest BCUT2D eigenvalue weighted by Crippen LogP contribution is -2.46. The number of hydrogen-bond donors (Lipinski definition) is 1. The summed E-state index contributed by atoms with van der Waals surface area (Å²) in [5.74, 6) is 2.76. The van der Waals surface area contributed by atoms with Crippen LogP contribution >= 0.6 is 0 Å². The number of benzene rings is 1. The molecule has 1 aromatic rings. The number of piperazine rings is 1. The van der Waals surface area contributed by atoms with E-state index < -0.39 is 0 Å². The molecule has 0 aromatic heterocycles. The predicted molar refractivity (Wildman–Crippen MR) is 67.5 cm³/mol. The molecule has 0 radical (unpaired) electrons. The van der Waals surface area contributed by atoms with Crippen molar-refractivity contribution in [3.8, 4) is 12.3 Å². The minimum atomic E-state index is 0.194. The van der Waals surface area contributed by atoms with Crippen molar-refractivity contribution in [2.75, 3.05) is 26.2 Å². The molecular weight excluding hydrogens is 212 g/mol. The lowest BCUT2D eigenvalue weighted by atomic mass is 10.1. The van der Waals surface area contributed by atoms with E-state index in [1.54, 1.807) is 0 Å². The Balaban J connectivity index is 1.95. The molecule has 1 aliphatic heterocycles. The predicted octanol–water partition coefficient (Wildman–Crippen LogP) is 0.642. The Labute approximate surface area is 102 Å². The average molecular weight is 228 g/mol. The van der Waals surface area contributed by atoms with Gasteiger partial charge in [-0.2, -0.15) is 0 Å². The van der Waals surface area contributed by atoms with E-state index in [1.165, 1.54) is 0 Å². The van der Waals surface area contributed by atoms with E-state index in [0.717, 1.165) is 37.3 Å². The minimum absolute atomic E-state index is 0.194. The number of terminal acetylenes is 1. The van der Waals surface area contributed by atoms with Crippen LogP contribution in [0.1, 0.15) is 11.1 Å². The largest absolute Gasteiger partial charge is 0.340 e. The standard InChI is InChI=1S/C14H16N2O/c1-2-12-3-5-13(6-4-12)11-14(17)16-9-7-15-8-10-16/h1,3-6,15H,7-11H2. The van der Waals surface area contributed by atoms with Crippen molar-refractivity contribution < 1.29 is 4.79 Å². The fraction of sp³-hybridized carbons (Fsp3) is 0.357. The number of hydrogen-bond acceptors (Lipinski definition) is 2. The Hall–Kier alpha value is -1.79. The second kappa shape index (κ2) is 5.51. The molecule has 1 saturated heterocycles. The maximum absolute atomic E-state index is 12.0. The first-order valence-electron chi connectivity index (χ1n) is 5.83. The molecule has 3 nitrogen and oxygen atoms in total. The van der Waals surface area contributed by atoms with Crippen LogP contribution in [0.2, 0.25) is 0 Å². The first kappa shape index (κ1) is 11.7. The fourth-order valence-electron chi connectivity index (χ4n) is 1.92. The molecule has 2 rings (SSSR count). The molecule has 0 aliphatic carbocycles. The first-order valence-corrected chi connectivity index (χ1v) is 5.83. The van der Waals surface area contributed by atoms with Gasteiger partial charge >= 0.3 is 0 Å². The van der Waals surface area contributed by atoms with Gasteiger partial charge in [0.15, 0.2) is 0 Å². The van der Waals surface area contributed by atoms with Crippen LogP contribution < -0.4 is 5.32 Å². The summed E-state index contributed by atoms with van der Waals surface area (Å²) >= 11 is 0. The summed E-state index contributed by atoms with van der Waals surface area (Å²) in [7, 11) is 0. The van der Waals surface area contributed by atoms with Crippen molar-refractivity contribution in [3.05, 3.63) is 35.4 Å². The molecule has 0 saturated carbocycles. The number of carbonyl (C=O) groups excluding carboxylic acids is 1. The topological polar surface area (TPSA) is 32.3 Å². The third-order valence-electron chi connectivity index (χ3n) is 2.95. The molecule has 1 aromatic carbocycles. The molecule has 1 fully saturated rings. The maximum Gasteiger partial charge on any atom is 0.227 e.